The molecule has 0 aliphatic carbocycles. The van der Waals surface area contributed by atoms with Crippen molar-refractivity contribution in [3.8, 4) is 12.3 Å². The van der Waals surface area contributed by atoms with Gasteiger partial charge in [-0.15, -0.1) is 6.42 Å². The SMILES string of the molecule is C#CCN(CC(=O)O)C(=O)N1CCN(C)CC1C. The molecule has 0 aromatic heterocycles. The van der Waals surface area contributed by atoms with E-state index < -0.39 is 5.97 Å². The normalized spacial score (nSPS) is 20.3. The van der Waals surface area contributed by atoms with Gasteiger partial charge in [0.2, 0.25) is 0 Å². The fourth-order valence-electron chi connectivity index (χ4n) is 2.07. The van der Waals surface area contributed by atoms with Crippen molar-refractivity contribution in [3.63, 3.8) is 0 Å². The van der Waals surface area contributed by atoms with E-state index in [0.29, 0.717) is 6.54 Å². The van der Waals surface area contributed by atoms with Gasteiger partial charge < -0.3 is 19.8 Å². The second-order valence-electron chi connectivity index (χ2n) is 4.54. The van der Waals surface area contributed by atoms with E-state index >= 15 is 0 Å². The zero-order chi connectivity index (χ0) is 13.7. The molecule has 1 N–H and O–H groups in total. The highest BCUT2D eigenvalue weighted by Gasteiger charge is 2.29. The fraction of sp³-hybridized carbons (Fsp3) is 0.667. The molecule has 6 heteroatoms. The van der Waals surface area contributed by atoms with Gasteiger partial charge in [0.05, 0.1) is 6.54 Å². The van der Waals surface area contributed by atoms with E-state index in [1.54, 1.807) is 4.90 Å². The summed E-state index contributed by atoms with van der Waals surface area (Å²) < 4.78 is 0. The number of carbonyl (C=O) groups excluding carboxylic acids is 1. The van der Waals surface area contributed by atoms with Gasteiger partial charge in [-0.25, -0.2) is 4.79 Å². The minimum absolute atomic E-state index is 0.0180. The smallest absolute Gasteiger partial charge is 0.323 e. The first-order valence-electron chi connectivity index (χ1n) is 5.85. The summed E-state index contributed by atoms with van der Waals surface area (Å²) >= 11 is 0. The highest BCUT2D eigenvalue weighted by atomic mass is 16.4. The molecule has 0 bridgehead atoms. The lowest BCUT2D eigenvalue weighted by atomic mass is 10.2. The molecule has 1 aliphatic heterocycles. The number of amides is 2. The van der Waals surface area contributed by atoms with Gasteiger partial charge in [0.25, 0.3) is 0 Å². The lowest BCUT2D eigenvalue weighted by Crippen LogP contribution is -2.57. The molecule has 2 amide bonds. The van der Waals surface area contributed by atoms with Crippen LogP contribution >= 0.6 is 0 Å². The molecule has 18 heavy (non-hydrogen) atoms. The number of carboxylic acids is 1. The van der Waals surface area contributed by atoms with Crippen LogP contribution in [-0.4, -0.2) is 77.6 Å². The fourth-order valence-corrected chi connectivity index (χ4v) is 2.07. The third-order valence-corrected chi connectivity index (χ3v) is 2.96. The molecule has 0 aromatic carbocycles. The average molecular weight is 253 g/mol. The van der Waals surface area contributed by atoms with Gasteiger partial charge in [-0.2, -0.15) is 0 Å². The maximum absolute atomic E-state index is 12.2. The van der Waals surface area contributed by atoms with Crippen LogP contribution in [0.15, 0.2) is 0 Å². The second-order valence-corrected chi connectivity index (χ2v) is 4.54. The summed E-state index contributed by atoms with van der Waals surface area (Å²) in [5.41, 5.74) is 0. The first-order valence-corrected chi connectivity index (χ1v) is 5.85. The van der Waals surface area contributed by atoms with E-state index in [-0.39, 0.29) is 25.2 Å². The third kappa shape index (κ3) is 3.64. The van der Waals surface area contributed by atoms with Gasteiger partial charge in [0.15, 0.2) is 0 Å². The molecule has 1 fully saturated rings. The van der Waals surface area contributed by atoms with E-state index in [0.717, 1.165) is 13.1 Å². The Hall–Kier alpha value is -1.74. The van der Waals surface area contributed by atoms with Crippen LogP contribution in [0, 0.1) is 12.3 Å². The van der Waals surface area contributed by atoms with Crippen molar-refractivity contribution in [1.29, 1.82) is 0 Å². The summed E-state index contributed by atoms with van der Waals surface area (Å²) in [5.74, 6) is 1.27. The van der Waals surface area contributed by atoms with Crippen molar-refractivity contribution < 1.29 is 14.7 Å². The Kier molecular flexibility index (Phi) is 4.98. The van der Waals surface area contributed by atoms with Crippen molar-refractivity contribution in [2.75, 3.05) is 39.8 Å². The van der Waals surface area contributed by atoms with Crippen LogP contribution in [0.5, 0.6) is 0 Å². The molecular formula is C12H19N3O3. The largest absolute Gasteiger partial charge is 0.480 e. The molecule has 1 unspecified atom stereocenters. The highest BCUT2D eigenvalue weighted by molar-refractivity contribution is 5.80. The summed E-state index contributed by atoms with van der Waals surface area (Å²) in [6, 6.07) is -0.235. The lowest BCUT2D eigenvalue weighted by molar-refractivity contribution is -0.137. The van der Waals surface area contributed by atoms with E-state index in [2.05, 4.69) is 10.8 Å². The number of hydrogen-bond donors (Lipinski definition) is 1. The van der Waals surface area contributed by atoms with Crippen LogP contribution in [-0.2, 0) is 4.79 Å². The Morgan fingerprint density at radius 3 is 2.67 bits per heavy atom. The Labute approximate surface area is 107 Å². The van der Waals surface area contributed by atoms with E-state index in [1.165, 1.54) is 4.90 Å². The predicted octanol–water partition coefficient (Wildman–Crippen LogP) is -0.238. The van der Waals surface area contributed by atoms with Crippen LogP contribution in [0.1, 0.15) is 6.92 Å². The number of carboxylic acid groups (broad SMARTS) is 1. The van der Waals surface area contributed by atoms with Crippen molar-refractivity contribution in [1.82, 2.24) is 14.7 Å². The molecule has 100 valence electrons. The van der Waals surface area contributed by atoms with Crippen molar-refractivity contribution in [2.45, 2.75) is 13.0 Å². The van der Waals surface area contributed by atoms with E-state index in [4.69, 9.17) is 11.5 Å². The molecule has 1 rings (SSSR count). The number of nitrogens with zero attached hydrogens (tertiary/aromatic N) is 3. The Balaban J connectivity index is 2.70. The van der Waals surface area contributed by atoms with Gasteiger partial charge in [0, 0.05) is 25.7 Å². The van der Waals surface area contributed by atoms with Crippen molar-refractivity contribution in [2.24, 2.45) is 0 Å². The molecule has 1 atom stereocenters. The van der Waals surface area contributed by atoms with Gasteiger partial charge in [-0.1, -0.05) is 5.92 Å². The van der Waals surface area contributed by atoms with Gasteiger partial charge in [-0.05, 0) is 14.0 Å². The molecule has 1 aliphatic rings. The first-order chi connectivity index (χ1) is 8.45. The third-order valence-electron chi connectivity index (χ3n) is 2.96. The van der Waals surface area contributed by atoms with Crippen LogP contribution < -0.4 is 0 Å². The van der Waals surface area contributed by atoms with Crippen LogP contribution in [0.3, 0.4) is 0 Å². The minimum Gasteiger partial charge on any atom is -0.480 e. The van der Waals surface area contributed by atoms with E-state index in [9.17, 15) is 9.59 Å². The zero-order valence-corrected chi connectivity index (χ0v) is 10.8. The molecule has 0 saturated carbocycles. The monoisotopic (exact) mass is 253 g/mol. The van der Waals surface area contributed by atoms with E-state index in [1.807, 2.05) is 14.0 Å². The van der Waals surface area contributed by atoms with Gasteiger partial charge >= 0.3 is 12.0 Å². The van der Waals surface area contributed by atoms with Gasteiger partial charge in [0.1, 0.15) is 6.54 Å². The molecule has 1 saturated heterocycles. The zero-order valence-electron chi connectivity index (χ0n) is 10.8. The Morgan fingerprint density at radius 1 is 1.50 bits per heavy atom. The molecular weight excluding hydrogens is 234 g/mol. The number of hydrogen-bond acceptors (Lipinski definition) is 3. The number of aliphatic carboxylic acids is 1. The first kappa shape index (κ1) is 14.3. The standard InChI is InChI=1S/C12H19N3O3/c1-4-5-14(9-11(16)17)12(18)15-7-6-13(3)8-10(15)2/h1,10H,5-9H2,2-3H3,(H,16,17). The number of likely N-dealkylation sites (N-methyl/N-ethyl adjacent to an activating group) is 1. The van der Waals surface area contributed by atoms with Crippen LogP contribution in [0.25, 0.3) is 0 Å². The summed E-state index contributed by atoms with van der Waals surface area (Å²) in [6.07, 6.45) is 5.17. The van der Waals surface area contributed by atoms with Crippen LogP contribution in [0.2, 0.25) is 0 Å². The van der Waals surface area contributed by atoms with Crippen molar-refractivity contribution in [3.05, 3.63) is 0 Å². The Bertz CT molecular complexity index is 364. The summed E-state index contributed by atoms with van der Waals surface area (Å²) in [4.78, 5) is 27.9. The number of carbonyl (C=O) groups is 2. The highest BCUT2D eigenvalue weighted by Crippen LogP contribution is 2.10. The molecule has 6 nitrogen and oxygen atoms in total. The van der Waals surface area contributed by atoms with Crippen molar-refractivity contribution >= 4 is 12.0 Å². The maximum atomic E-state index is 12.2. The summed E-state index contributed by atoms with van der Waals surface area (Å²) in [5, 5.41) is 8.78. The van der Waals surface area contributed by atoms with Crippen LogP contribution in [0.4, 0.5) is 4.79 Å². The average Bonchev–Trinajstić information content (AvgIpc) is 2.27. The minimum atomic E-state index is -1.06. The molecule has 1 heterocycles. The summed E-state index contributed by atoms with van der Waals surface area (Å²) in [7, 11) is 1.99. The number of piperazine rings is 1. The molecule has 0 spiro atoms. The second kappa shape index (κ2) is 6.26. The predicted molar refractivity (Wildman–Crippen MR) is 67.1 cm³/mol. The number of urea groups is 1. The number of rotatable bonds is 3. The lowest BCUT2D eigenvalue weighted by Gasteiger charge is -2.40. The maximum Gasteiger partial charge on any atom is 0.323 e. The quantitative estimate of drug-likeness (QED) is 0.705. The topological polar surface area (TPSA) is 64.1 Å². The summed E-state index contributed by atoms with van der Waals surface area (Å²) in [6.45, 7) is 3.77. The van der Waals surface area contributed by atoms with Gasteiger partial charge in [-0.3, -0.25) is 4.79 Å². The number of terminal acetylenes is 1. The Morgan fingerprint density at radius 2 is 2.17 bits per heavy atom. The molecule has 0 radical (unpaired) electrons. The molecule has 0 aromatic rings.